The van der Waals surface area contributed by atoms with Crippen molar-refractivity contribution in [2.75, 3.05) is 6.54 Å². The van der Waals surface area contributed by atoms with Crippen LogP contribution in [0.1, 0.15) is 21.7 Å². The summed E-state index contributed by atoms with van der Waals surface area (Å²) >= 11 is 0. The van der Waals surface area contributed by atoms with Crippen molar-refractivity contribution in [1.29, 1.82) is 0 Å². The van der Waals surface area contributed by atoms with Crippen LogP contribution in [0.3, 0.4) is 0 Å². The molecule has 0 radical (unpaired) electrons. The highest BCUT2D eigenvalue weighted by molar-refractivity contribution is 7.90. The molecule has 0 bridgehead atoms. The van der Waals surface area contributed by atoms with Crippen molar-refractivity contribution < 1.29 is 31.1 Å². The third kappa shape index (κ3) is 5.66. The smallest absolute Gasteiger partial charge is 0.387 e. The third-order valence-electron chi connectivity index (χ3n) is 4.25. The lowest BCUT2D eigenvalue weighted by Crippen LogP contribution is -2.26. The lowest BCUT2D eigenvalue weighted by atomic mass is 10.1. The van der Waals surface area contributed by atoms with Gasteiger partial charge in [0, 0.05) is 12.1 Å². The average Bonchev–Trinajstić information content (AvgIpc) is 3.17. The molecule has 0 spiro atoms. The van der Waals surface area contributed by atoms with Crippen molar-refractivity contribution in [1.82, 2.24) is 5.32 Å². The Kier molecular flexibility index (Phi) is 6.83. The zero-order valence-corrected chi connectivity index (χ0v) is 16.6. The van der Waals surface area contributed by atoms with E-state index < -0.39 is 22.4 Å². The maximum absolute atomic E-state index is 12.5. The molecule has 1 heterocycles. The van der Waals surface area contributed by atoms with Crippen molar-refractivity contribution in [3.63, 3.8) is 0 Å². The maximum atomic E-state index is 12.5. The van der Waals surface area contributed by atoms with Gasteiger partial charge in [0.2, 0.25) is 0 Å². The summed E-state index contributed by atoms with van der Waals surface area (Å²) in [6.07, 6.45) is 1.71. The number of benzene rings is 2. The number of sulfone groups is 1. The van der Waals surface area contributed by atoms with Crippen molar-refractivity contribution >= 4 is 15.7 Å². The molecule has 0 atom stereocenters. The normalized spacial score (nSPS) is 11.4. The zero-order chi connectivity index (χ0) is 21.6. The van der Waals surface area contributed by atoms with E-state index in [0.717, 1.165) is 5.56 Å². The molecule has 6 nitrogen and oxygen atoms in total. The van der Waals surface area contributed by atoms with Gasteiger partial charge in [0.1, 0.15) is 5.75 Å². The van der Waals surface area contributed by atoms with Crippen LogP contribution in [0.15, 0.2) is 76.2 Å². The van der Waals surface area contributed by atoms with E-state index in [0.29, 0.717) is 6.42 Å². The minimum absolute atomic E-state index is 0.0534. The highest BCUT2D eigenvalue weighted by Gasteiger charge is 2.22. The van der Waals surface area contributed by atoms with Gasteiger partial charge in [0.25, 0.3) is 5.91 Å². The van der Waals surface area contributed by atoms with Gasteiger partial charge >= 0.3 is 6.61 Å². The van der Waals surface area contributed by atoms with Crippen LogP contribution in [0.4, 0.5) is 8.78 Å². The first-order chi connectivity index (χ1) is 14.3. The second-order valence-corrected chi connectivity index (χ2v) is 8.37. The number of halogens is 2. The summed E-state index contributed by atoms with van der Waals surface area (Å²) in [6, 6.07) is 15.5. The molecule has 1 amide bonds. The minimum Gasteiger partial charge on any atom is -0.459 e. The molecule has 0 saturated heterocycles. The van der Waals surface area contributed by atoms with E-state index in [1.165, 1.54) is 36.6 Å². The molecule has 0 saturated carbocycles. The van der Waals surface area contributed by atoms with Gasteiger partial charge in [-0.1, -0.05) is 30.3 Å². The Morgan fingerprint density at radius 1 is 1.03 bits per heavy atom. The summed E-state index contributed by atoms with van der Waals surface area (Å²) < 4.78 is 58.9. The fraction of sp³-hybridized carbons (Fsp3) is 0.190. The van der Waals surface area contributed by atoms with E-state index in [1.807, 2.05) is 0 Å². The highest BCUT2D eigenvalue weighted by atomic mass is 32.2. The summed E-state index contributed by atoms with van der Waals surface area (Å²) in [6.45, 7) is -2.64. The van der Waals surface area contributed by atoms with Crippen molar-refractivity contribution in [3.8, 4) is 5.75 Å². The number of amides is 1. The SMILES string of the molecule is O=C(NCCc1ccc(OC(F)F)cc1)c1occc1CS(=O)(=O)c1ccccc1. The summed E-state index contributed by atoms with van der Waals surface area (Å²) in [7, 11) is -3.62. The number of hydrogen-bond donors (Lipinski definition) is 1. The maximum Gasteiger partial charge on any atom is 0.387 e. The summed E-state index contributed by atoms with van der Waals surface area (Å²) in [5.41, 5.74) is 1.08. The molecular formula is C21H19F2NO5S. The molecule has 2 aromatic carbocycles. The van der Waals surface area contributed by atoms with E-state index in [-0.39, 0.29) is 34.3 Å². The van der Waals surface area contributed by atoms with Gasteiger partial charge in [-0.3, -0.25) is 4.79 Å². The number of carbonyl (C=O) groups is 1. The topological polar surface area (TPSA) is 85.6 Å². The van der Waals surface area contributed by atoms with Gasteiger partial charge in [-0.2, -0.15) is 8.78 Å². The standard InChI is InChI=1S/C21H19F2NO5S/c22-21(23)29-17-8-6-15(7-9-17)10-12-24-20(25)19-16(11-13-28-19)14-30(26,27)18-4-2-1-3-5-18/h1-9,11,13,21H,10,12,14H2,(H,24,25). The monoisotopic (exact) mass is 435 g/mol. The number of carbonyl (C=O) groups excluding carboxylic acids is 1. The molecule has 9 heteroatoms. The Morgan fingerprint density at radius 2 is 1.73 bits per heavy atom. The minimum atomic E-state index is -3.62. The van der Waals surface area contributed by atoms with Crippen LogP contribution < -0.4 is 10.1 Å². The van der Waals surface area contributed by atoms with Gasteiger partial charge in [-0.25, -0.2) is 8.42 Å². The Bertz CT molecular complexity index is 1080. The van der Waals surface area contributed by atoms with E-state index in [1.54, 1.807) is 30.3 Å². The van der Waals surface area contributed by atoms with Gasteiger partial charge in [0.05, 0.1) is 16.9 Å². The Labute approximate surface area is 172 Å². The van der Waals surface area contributed by atoms with Crippen LogP contribution >= 0.6 is 0 Å². The number of hydrogen-bond acceptors (Lipinski definition) is 5. The molecule has 0 unspecified atom stereocenters. The van der Waals surface area contributed by atoms with E-state index in [9.17, 15) is 22.0 Å². The quantitative estimate of drug-likeness (QED) is 0.552. The first kappa shape index (κ1) is 21.5. The Morgan fingerprint density at radius 3 is 2.40 bits per heavy atom. The number of alkyl halides is 2. The molecule has 0 aliphatic carbocycles. The van der Waals surface area contributed by atoms with E-state index >= 15 is 0 Å². The van der Waals surface area contributed by atoms with Crippen LogP contribution in [0, 0.1) is 0 Å². The fourth-order valence-corrected chi connectivity index (χ4v) is 4.18. The zero-order valence-electron chi connectivity index (χ0n) is 15.8. The molecule has 1 N–H and O–H groups in total. The summed E-state index contributed by atoms with van der Waals surface area (Å²) in [5.74, 6) is -0.897. The number of nitrogens with one attached hydrogen (secondary N) is 1. The molecule has 30 heavy (non-hydrogen) atoms. The first-order valence-corrected chi connectivity index (χ1v) is 10.7. The molecule has 1 aromatic heterocycles. The Balaban J connectivity index is 1.57. The van der Waals surface area contributed by atoms with Crippen molar-refractivity contribution in [3.05, 3.63) is 83.8 Å². The van der Waals surface area contributed by atoms with Gasteiger partial charge in [-0.05, 0) is 42.3 Å². The predicted molar refractivity (Wildman–Crippen MR) is 105 cm³/mol. The lowest BCUT2D eigenvalue weighted by Gasteiger charge is -2.08. The largest absolute Gasteiger partial charge is 0.459 e. The van der Waals surface area contributed by atoms with Crippen molar-refractivity contribution in [2.45, 2.75) is 23.7 Å². The summed E-state index contributed by atoms with van der Waals surface area (Å²) in [5, 5.41) is 2.67. The van der Waals surface area contributed by atoms with Crippen LogP contribution in [-0.4, -0.2) is 27.5 Å². The number of rotatable bonds is 9. The van der Waals surface area contributed by atoms with Gasteiger partial charge in [-0.15, -0.1) is 0 Å². The molecule has 3 rings (SSSR count). The van der Waals surface area contributed by atoms with Crippen LogP contribution in [0.2, 0.25) is 0 Å². The number of ether oxygens (including phenoxy) is 1. The molecule has 3 aromatic rings. The summed E-state index contributed by atoms with van der Waals surface area (Å²) in [4.78, 5) is 12.6. The van der Waals surface area contributed by atoms with Crippen molar-refractivity contribution in [2.24, 2.45) is 0 Å². The van der Waals surface area contributed by atoms with E-state index in [4.69, 9.17) is 4.42 Å². The molecule has 0 aliphatic rings. The second-order valence-electron chi connectivity index (χ2n) is 6.38. The molecule has 0 aliphatic heterocycles. The molecular weight excluding hydrogens is 416 g/mol. The third-order valence-corrected chi connectivity index (χ3v) is 5.93. The van der Waals surface area contributed by atoms with Gasteiger partial charge in [0.15, 0.2) is 15.6 Å². The lowest BCUT2D eigenvalue weighted by molar-refractivity contribution is -0.0498. The predicted octanol–water partition coefficient (Wildman–Crippen LogP) is 3.83. The van der Waals surface area contributed by atoms with Crippen LogP contribution in [0.5, 0.6) is 5.75 Å². The van der Waals surface area contributed by atoms with Gasteiger partial charge < -0.3 is 14.5 Å². The first-order valence-electron chi connectivity index (χ1n) is 9.01. The van der Waals surface area contributed by atoms with Crippen LogP contribution in [-0.2, 0) is 22.0 Å². The highest BCUT2D eigenvalue weighted by Crippen LogP contribution is 2.20. The molecule has 0 fully saturated rings. The fourth-order valence-electron chi connectivity index (χ4n) is 2.80. The second kappa shape index (κ2) is 9.53. The number of furan rings is 1. The Hall–Kier alpha value is -3.20. The average molecular weight is 435 g/mol. The van der Waals surface area contributed by atoms with Crippen LogP contribution in [0.25, 0.3) is 0 Å². The molecule has 158 valence electrons. The van der Waals surface area contributed by atoms with E-state index in [2.05, 4.69) is 10.1 Å².